The van der Waals surface area contributed by atoms with E-state index >= 15 is 0 Å². The minimum absolute atomic E-state index is 0.143. The van der Waals surface area contributed by atoms with Crippen molar-refractivity contribution < 1.29 is 5.11 Å². The molecule has 1 N–H and O–H groups in total. The first kappa shape index (κ1) is 13.4. The first-order valence-electron chi connectivity index (χ1n) is 7.29. The van der Waals surface area contributed by atoms with E-state index in [0.717, 1.165) is 13.0 Å². The largest absolute Gasteiger partial charge is 0.392 e. The summed E-state index contributed by atoms with van der Waals surface area (Å²) in [5.41, 5.74) is 0.895. The highest BCUT2D eigenvalue weighted by Crippen LogP contribution is 2.43. The van der Waals surface area contributed by atoms with Crippen molar-refractivity contribution in [3.05, 3.63) is 0 Å². The maximum atomic E-state index is 10.1. The fraction of sp³-hybridized carbons (Fsp3) is 1.00. The van der Waals surface area contributed by atoms with Crippen LogP contribution in [0.4, 0.5) is 0 Å². The Kier molecular flexibility index (Phi) is 3.84. The molecule has 2 heteroatoms. The molecular formula is C15H29NO. The van der Waals surface area contributed by atoms with Gasteiger partial charge in [-0.1, -0.05) is 40.0 Å². The second kappa shape index (κ2) is 4.89. The highest BCUT2D eigenvalue weighted by molar-refractivity contribution is 4.97. The number of nitrogens with zero attached hydrogens (tertiary/aromatic N) is 1. The lowest BCUT2D eigenvalue weighted by molar-refractivity contribution is -0.0541. The van der Waals surface area contributed by atoms with Crippen LogP contribution in [0.5, 0.6) is 0 Å². The zero-order chi connectivity index (χ0) is 12.5. The maximum absolute atomic E-state index is 10.1. The van der Waals surface area contributed by atoms with Gasteiger partial charge in [-0.05, 0) is 30.1 Å². The van der Waals surface area contributed by atoms with Gasteiger partial charge in [0.05, 0.1) is 6.10 Å². The molecule has 100 valence electrons. The minimum atomic E-state index is -0.143. The number of likely N-dealkylation sites (tertiary alicyclic amines) is 1. The number of β-amino-alcohol motifs (C(OH)–C–C–N with tert-alkyl or cyclic N) is 1. The molecule has 2 rings (SSSR count). The van der Waals surface area contributed by atoms with Gasteiger partial charge in [0.15, 0.2) is 0 Å². The Balaban J connectivity index is 1.69. The molecule has 0 radical (unpaired) electrons. The third-order valence-electron chi connectivity index (χ3n) is 4.35. The summed E-state index contributed by atoms with van der Waals surface area (Å²) < 4.78 is 0. The van der Waals surface area contributed by atoms with Gasteiger partial charge in [0.2, 0.25) is 0 Å². The Morgan fingerprint density at radius 3 is 2.24 bits per heavy atom. The van der Waals surface area contributed by atoms with E-state index in [1.54, 1.807) is 0 Å². The van der Waals surface area contributed by atoms with Crippen LogP contribution in [-0.2, 0) is 0 Å². The molecule has 1 aliphatic heterocycles. The molecule has 0 bridgehead atoms. The van der Waals surface area contributed by atoms with E-state index in [1.165, 1.54) is 45.2 Å². The Morgan fingerprint density at radius 1 is 1.12 bits per heavy atom. The van der Waals surface area contributed by atoms with Crippen LogP contribution in [0.3, 0.4) is 0 Å². The van der Waals surface area contributed by atoms with E-state index in [2.05, 4.69) is 25.7 Å². The monoisotopic (exact) mass is 239 g/mol. The predicted octanol–water partition coefficient (Wildman–Crippen LogP) is 3.05. The average Bonchev–Trinajstić information content (AvgIpc) is 2.13. The second-order valence-electron chi connectivity index (χ2n) is 7.65. The van der Waals surface area contributed by atoms with Crippen LogP contribution in [0.1, 0.15) is 59.3 Å². The van der Waals surface area contributed by atoms with Crippen molar-refractivity contribution in [2.24, 2.45) is 10.8 Å². The highest BCUT2D eigenvalue weighted by atomic mass is 16.3. The molecule has 1 saturated carbocycles. The summed E-state index contributed by atoms with van der Waals surface area (Å²) in [6.45, 7) is 9.99. The van der Waals surface area contributed by atoms with Gasteiger partial charge in [0, 0.05) is 19.6 Å². The average molecular weight is 239 g/mol. The lowest BCUT2D eigenvalue weighted by atomic mass is 9.68. The van der Waals surface area contributed by atoms with Crippen LogP contribution in [0.2, 0.25) is 0 Å². The summed E-state index contributed by atoms with van der Waals surface area (Å²) in [6, 6.07) is 0. The first-order valence-corrected chi connectivity index (χ1v) is 7.29. The summed E-state index contributed by atoms with van der Waals surface area (Å²) in [7, 11) is 0. The zero-order valence-corrected chi connectivity index (χ0v) is 11.8. The molecule has 1 spiro atoms. The van der Waals surface area contributed by atoms with Gasteiger partial charge in [0.25, 0.3) is 0 Å². The van der Waals surface area contributed by atoms with Gasteiger partial charge in [-0.3, -0.25) is 4.90 Å². The smallest absolute Gasteiger partial charge is 0.0672 e. The molecule has 17 heavy (non-hydrogen) atoms. The van der Waals surface area contributed by atoms with Gasteiger partial charge in [-0.15, -0.1) is 0 Å². The van der Waals surface area contributed by atoms with Crippen molar-refractivity contribution >= 4 is 0 Å². The molecule has 1 unspecified atom stereocenters. The lowest BCUT2D eigenvalue weighted by Crippen LogP contribution is -2.58. The quantitative estimate of drug-likeness (QED) is 0.818. The molecule has 0 aromatic heterocycles. The second-order valence-corrected chi connectivity index (χ2v) is 7.65. The van der Waals surface area contributed by atoms with E-state index in [1.807, 2.05) is 0 Å². The standard InChI is InChI=1S/C15H29NO/c1-14(2,3)9-13(17)10-16-11-15(12-16)7-5-4-6-8-15/h13,17H,4-12H2,1-3H3. The van der Waals surface area contributed by atoms with E-state index in [4.69, 9.17) is 0 Å². The van der Waals surface area contributed by atoms with Crippen LogP contribution < -0.4 is 0 Å². The van der Waals surface area contributed by atoms with Gasteiger partial charge >= 0.3 is 0 Å². The molecule has 0 aromatic carbocycles. The van der Waals surface area contributed by atoms with Crippen LogP contribution in [0, 0.1) is 10.8 Å². The molecule has 0 aromatic rings. The van der Waals surface area contributed by atoms with E-state index in [9.17, 15) is 5.11 Å². The van der Waals surface area contributed by atoms with E-state index < -0.39 is 0 Å². The molecular weight excluding hydrogens is 210 g/mol. The Morgan fingerprint density at radius 2 is 1.71 bits per heavy atom. The first-order chi connectivity index (χ1) is 7.89. The SMILES string of the molecule is CC(C)(C)CC(O)CN1CC2(CCCCC2)C1. The topological polar surface area (TPSA) is 23.5 Å². The molecule has 0 amide bonds. The highest BCUT2D eigenvalue weighted by Gasteiger charge is 2.43. The summed E-state index contributed by atoms with van der Waals surface area (Å²) in [4.78, 5) is 2.46. The number of rotatable bonds is 3. The van der Waals surface area contributed by atoms with Crippen molar-refractivity contribution in [2.45, 2.75) is 65.4 Å². The maximum Gasteiger partial charge on any atom is 0.0672 e. The summed E-state index contributed by atoms with van der Waals surface area (Å²) in [5.74, 6) is 0. The minimum Gasteiger partial charge on any atom is -0.392 e. The summed E-state index contributed by atoms with van der Waals surface area (Å²) in [5, 5.41) is 10.1. The van der Waals surface area contributed by atoms with Crippen molar-refractivity contribution in [2.75, 3.05) is 19.6 Å². The van der Waals surface area contributed by atoms with Gasteiger partial charge in [-0.25, -0.2) is 0 Å². The number of aliphatic hydroxyl groups is 1. The van der Waals surface area contributed by atoms with Crippen molar-refractivity contribution in [1.29, 1.82) is 0 Å². The fourth-order valence-corrected chi connectivity index (χ4v) is 3.72. The molecule has 2 aliphatic rings. The number of aliphatic hydroxyl groups excluding tert-OH is 1. The van der Waals surface area contributed by atoms with Gasteiger partial charge in [-0.2, -0.15) is 0 Å². The Labute approximate surface area is 106 Å². The molecule has 1 atom stereocenters. The Hall–Kier alpha value is -0.0800. The molecule has 1 aliphatic carbocycles. The molecule has 1 heterocycles. The van der Waals surface area contributed by atoms with Crippen LogP contribution in [0.15, 0.2) is 0 Å². The van der Waals surface area contributed by atoms with Crippen molar-refractivity contribution in [3.8, 4) is 0 Å². The zero-order valence-electron chi connectivity index (χ0n) is 11.8. The van der Waals surface area contributed by atoms with Crippen LogP contribution >= 0.6 is 0 Å². The third-order valence-corrected chi connectivity index (χ3v) is 4.35. The van der Waals surface area contributed by atoms with Crippen LogP contribution in [0.25, 0.3) is 0 Å². The van der Waals surface area contributed by atoms with Gasteiger partial charge < -0.3 is 5.11 Å². The van der Waals surface area contributed by atoms with E-state index in [-0.39, 0.29) is 11.5 Å². The summed E-state index contributed by atoms with van der Waals surface area (Å²) >= 11 is 0. The van der Waals surface area contributed by atoms with Crippen LogP contribution in [-0.4, -0.2) is 35.7 Å². The fourth-order valence-electron chi connectivity index (χ4n) is 3.72. The normalized spacial score (nSPS) is 26.8. The van der Waals surface area contributed by atoms with Crippen molar-refractivity contribution in [1.82, 2.24) is 4.90 Å². The summed E-state index contributed by atoms with van der Waals surface area (Å²) in [6.07, 6.45) is 7.93. The molecule has 1 saturated heterocycles. The number of hydrogen-bond acceptors (Lipinski definition) is 2. The number of hydrogen-bond donors (Lipinski definition) is 1. The van der Waals surface area contributed by atoms with E-state index in [0.29, 0.717) is 5.41 Å². The van der Waals surface area contributed by atoms with Crippen molar-refractivity contribution in [3.63, 3.8) is 0 Å². The molecule has 2 fully saturated rings. The predicted molar refractivity (Wildman–Crippen MR) is 72.0 cm³/mol. The van der Waals surface area contributed by atoms with Gasteiger partial charge in [0.1, 0.15) is 0 Å². The molecule has 2 nitrogen and oxygen atoms in total. The Bertz CT molecular complexity index is 242. The third kappa shape index (κ3) is 3.69. The lowest BCUT2D eigenvalue weighted by Gasteiger charge is -2.53.